The molecule has 5 nitrogen and oxygen atoms in total. The van der Waals surface area contributed by atoms with Gasteiger partial charge in [-0.3, -0.25) is 4.90 Å². The predicted molar refractivity (Wildman–Crippen MR) is 105 cm³/mol. The zero-order valence-corrected chi connectivity index (χ0v) is 15.4. The van der Waals surface area contributed by atoms with E-state index in [1.54, 1.807) is 4.90 Å². The molecule has 1 aliphatic heterocycles. The van der Waals surface area contributed by atoms with Crippen LogP contribution >= 0.6 is 0 Å². The summed E-state index contributed by atoms with van der Waals surface area (Å²) in [5.41, 5.74) is 2.70. The summed E-state index contributed by atoms with van der Waals surface area (Å²) in [6.45, 7) is 3.70. The Bertz CT molecular complexity index is 979. The summed E-state index contributed by atoms with van der Waals surface area (Å²) in [7, 11) is 0. The van der Waals surface area contributed by atoms with E-state index in [0.29, 0.717) is 13.1 Å². The Hall–Kier alpha value is -2.93. The number of anilines is 1. The summed E-state index contributed by atoms with van der Waals surface area (Å²) in [6.07, 6.45) is 3.02. The first-order valence-corrected chi connectivity index (χ1v) is 9.38. The highest BCUT2D eigenvalue weighted by Gasteiger charge is 2.21. The Morgan fingerprint density at radius 2 is 1.82 bits per heavy atom. The van der Waals surface area contributed by atoms with Crippen LogP contribution in [0.4, 0.5) is 19.3 Å². The minimum atomic E-state index is -0.972. The number of H-pyrrole nitrogens is 1. The number of fused-ring (bicyclic) bond motifs is 1. The monoisotopic (exact) mass is 384 g/mol. The second-order valence-corrected chi connectivity index (χ2v) is 7.00. The maximum absolute atomic E-state index is 13.3. The zero-order valence-electron chi connectivity index (χ0n) is 15.4. The molecule has 0 bridgehead atoms. The molecule has 146 valence electrons. The lowest BCUT2D eigenvalue weighted by atomic mass is 10.1. The van der Waals surface area contributed by atoms with Crippen molar-refractivity contribution in [2.24, 2.45) is 0 Å². The van der Waals surface area contributed by atoms with Crippen LogP contribution < -0.4 is 5.32 Å². The van der Waals surface area contributed by atoms with Gasteiger partial charge in [-0.05, 0) is 30.2 Å². The van der Waals surface area contributed by atoms with Crippen molar-refractivity contribution in [3.63, 3.8) is 0 Å². The van der Waals surface area contributed by atoms with Gasteiger partial charge in [-0.2, -0.15) is 0 Å². The number of nitrogens with zero attached hydrogens (tertiary/aromatic N) is 2. The molecule has 2 heterocycles. The third-order valence-corrected chi connectivity index (χ3v) is 5.20. The summed E-state index contributed by atoms with van der Waals surface area (Å²) in [5, 5.41) is 3.88. The molecular formula is C21H22F2N4O. The first-order chi connectivity index (χ1) is 13.6. The van der Waals surface area contributed by atoms with Crippen LogP contribution in [0.1, 0.15) is 5.56 Å². The van der Waals surface area contributed by atoms with Gasteiger partial charge >= 0.3 is 6.03 Å². The highest BCUT2D eigenvalue weighted by Crippen LogP contribution is 2.19. The molecule has 0 saturated carbocycles. The number of carbonyl (C=O) groups is 1. The number of rotatable bonds is 4. The van der Waals surface area contributed by atoms with Crippen molar-refractivity contribution < 1.29 is 13.6 Å². The number of benzene rings is 2. The molecule has 0 radical (unpaired) electrons. The van der Waals surface area contributed by atoms with Gasteiger partial charge < -0.3 is 15.2 Å². The Morgan fingerprint density at radius 1 is 1.04 bits per heavy atom. The van der Waals surface area contributed by atoms with E-state index >= 15 is 0 Å². The molecule has 3 aromatic rings. The number of urea groups is 1. The largest absolute Gasteiger partial charge is 0.361 e. The topological polar surface area (TPSA) is 51.4 Å². The average Bonchev–Trinajstić information content (AvgIpc) is 3.13. The van der Waals surface area contributed by atoms with E-state index < -0.39 is 11.6 Å². The average molecular weight is 384 g/mol. The third-order valence-electron chi connectivity index (χ3n) is 5.20. The highest BCUT2D eigenvalue weighted by atomic mass is 19.2. The molecule has 0 atom stereocenters. The van der Waals surface area contributed by atoms with Gasteiger partial charge in [0.15, 0.2) is 11.6 Å². The quantitative estimate of drug-likeness (QED) is 0.718. The van der Waals surface area contributed by atoms with E-state index in [2.05, 4.69) is 33.5 Å². The van der Waals surface area contributed by atoms with E-state index in [1.807, 2.05) is 12.1 Å². The van der Waals surface area contributed by atoms with Crippen LogP contribution in [-0.4, -0.2) is 53.5 Å². The van der Waals surface area contributed by atoms with E-state index in [4.69, 9.17) is 0 Å². The molecule has 2 aromatic carbocycles. The molecule has 0 aliphatic carbocycles. The number of hydrogen-bond donors (Lipinski definition) is 2. The number of hydrogen-bond acceptors (Lipinski definition) is 2. The second kappa shape index (κ2) is 7.98. The molecule has 28 heavy (non-hydrogen) atoms. The fourth-order valence-corrected chi connectivity index (χ4v) is 3.57. The maximum atomic E-state index is 13.3. The van der Waals surface area contributed by atoms with Gasteiger partial charge in [0, 0.05) is 61.6 Å². The summed E-state index contributed by atoms with van der Waals surface area (Å²) < 4.78 is 26.3. The second-order valence-electron chi connectivity index (χ2n) is 7.00. The number of amides is 2. The van der Waals surface area contributed by atoms with E-state index in [0.717, 1.165) is 43.7 Å². The molecular weight excluding hydrogens is 362 g/mol. The molecule has 4 rings (SSSR count). The fraction of sp³-hybridized carbons (Fsp3) is 0.286. The zero-order chi connectivity index (χ0) is 19.5. The fourth-order valence-electron chi connectivity index (χ4n) is 3.57. The molecule has 1 aromatic heterocycles. The van der Waals surface area contributed by atoms with Crippen molar-refractivity contribution in [2.45, 2.75) is 6.42 Å². The molecule has 2 N–H and O–H groups in total. The summed E-state index contributed by atoms with van der Waals surface area (Å²) >= 11 is 0. The van der Waals surface area contributed by atoms with E-state index in [9.17, 15) is 13.6 Å². The van der Waals surface area contributed by atoms with Crippen molar-refractivity contribution in [3.8, 4) is 0 Å². The standard InChI is InChI=1S/C21H22F2N4O/c22-18-6-5-16(13-19(18)23)25-21(28)27-11-9-26(10-12-27)8-7-15-14-24-20-4-2-1-3-17(15)20/h1-6,13-14,24H,7-12H2,(H,25,28). The van der Waals surface area contributed by atoms with Gasteiger partial charge in [-0.1, -0.05) is 18.2 Å². The molecule has 0 unspecified atom stereocenters. The number of halogens is 2. The van der Waals surface area contributed by atoms with Gasteiger partial charge in [0.1, 0.15) is 0 Å². The predicted octanol–water partition coefficient (Wildman–Crippen LogP) is 3.84. The van der Waals surface area contributed by atoms with Crippen molar-refractivity contribution in [3.05, 3.63) is 65.9 Å². The molecule has 0 spiro atoms. The number of aromatic nitrogens is 1. The first-order valence-electron chi connectivity index (χ1n) is 9.38. The normalized spacial score (nSPS) is 15.1. The molecule has 7 heteroatoms. The Labute approximate surface area is 161 Å². The van der Waals surface area contributed by atoms with Crippen LogP contribution in [0, 0.1) is 11.6 Å². The highest BCUT2D eigenvalue weighted by molar-refractivity contribution is 5.89. The van der Waals surface area contributed by atoms with Crippen LogP contribution in [0.5, 0.6) is 0 Å². The summed E-state index contributed by atoms with van der Waals surface area (Å²) in [4.78, 5) is 19.7. The van der Waals surface area contributed by atoms with Gasteiger partial charge in [0.25, 0.3) is 0 Å². The van der Waals surface area contributed by atoms with Crippen LogP contribution in [-0.2, 0) is 6.42 Å². The van der Waals surface area contributed by atoms with Gasteiger partial charge in [-0.15, -0.1) is 0 Å². The smallest absolute Gasteiger partial charge is 0.321 e. The molecule has 1 saturated heterocycles. The molecule has 1 aliphatic rings. The lowest BCUT2D eigenvalue weighted by Gasteiger charge is -2.34. The Morgan fingerprint density at radius 3 is 2.61 bits per heavy atom. The first kappa shape index (κ1) is 18.4. The number of para-hydroxylation sites is 1. The lowest BCUT2D eigenvalue weighted by molar-refractivity contribution is 0.148. The van der Waals surface area contributed by atoms with E-state index in [1.165, 1.54) is 17.0 Å². The molecule has 2 amide bonds. The van der Waals surface area contributed by atoms with Crippen LogP contribution in [0.3, 0.4) is 0 Å². The summed E-state index contributed by atoms with van der Waals surface area (Å²) in [5.74, 6) is -1.90. The van der Waals surface area contributed by atoms with Gasteiger partial charge in [-0.25, -0.2) is 13.6 Å². The Balaban J connectivity index is 1.27. The number of nitrogens with one attached hydrogen (secondary N) is 2. The van der Waals surface area contributed by atoms with Crippen molar-refractivity contribution in [1.29, 1.82) is 0 Å². The van der Waals surface area contributed by atoms with Crippen molar-refractivity contribution in [2.75, 3.05) is 38.0 Å². The van der Waals surface area contributed by atoms with Crippen LogP contribution in [0.25, 0.3) is 10.9 Å². The summed E-state index contributed by atoms with van der Waals surface area (Å²) in [6, 6.07) is 11.3. The van der Waals surface area contributed by atoms with Crippen LogP contribution in [0.2, 0.25) is 0 Å². The minimum Gasteiger partial charge on any atom is -0.361 e. The Kier molecular flexibility index (Phi) is 5.25. The van der Waals surface area contributed by atoms with Crippen LogP contribution in [0.15, 0.2) is 48.7 Å². The van der Waals surface area contributed by atoms with Crippen molar-refractivity contribution in [1.82, 2.24) is 14.8 Å². The SMILES string of the molecule is O=C(Nc1ccc(F)c(F)c1)N1CCN(CCc2c[nH]c3ccccc23)CC1. The van der Waals surface area contributed by atoms with Gasteiger partial charge in [0.2, 0.25) is 0 Å². The number of carbonyl (C=O) groups excluding carboxylic acids is 1. The third kappa shape index (κ3) is 3.99. The lowest BCUT2D eigenvalue weighted by Crippen LogP contribution is -2.50. The number of aromatic amines is 1. The molecule has 1 fully saturated rings. The van der Waals surface area contributed by atoms with Gasteiger partial charge in [0.05, 0.1) is 0 Å². The van der Waals surface area contributed by atoms with Crippen molar-refractivity contribution >= 4 is 22.6 Å². The maximum Gasteiger partial charge on any atom is 0.321 e. The minimum absolute atomic E-state index is 0.255. The number of piperazine rings is 1. The van der Waals surface area contributed by atoms with E-state index in [-0.39, 0.29) is 11.7 Å².